The van der Waals surface area contributed by atoms with Gasteiger partial charge in [0.1, 0.15) is 6.61 Å². The first-order valence-corrected chi connectivity index (χ1v) is 2.84. The van der Waals surface area contributed by atoms with Crippen molar-refractivity contribution in [2.45, 2.75) is 0 Å². The normalized spacial score (nSPS) is 7.75. The fourth-order valence-electron chi connectivity index (χ4n) is 0.221. The van der Waals surface area contributed by atoms with E-state index in [1.165, 1.54) is 0 Å². The molecule has 0 aliphatic carbocycles. The highest BCUT2D eigenvalue weighted by molar-refractivity contribution is 6.19. The van der Waals surface area contributed by atoms with Crippen LogP contribution in [0.25, 0.3) is 0 Å². The maximum Gasteiger partial charge on any atom is 0.107 e. The molecule has 1 radical (unpaired) electrons. The van der Waals surface area contributed by atoms with Crippen molar-refractivity contribution in [2.75, 3.05) is 19.1 Å². The number of ether oxygens (including phenoxy) is 1. The van der Waals surface area contributed by atoms with Gasteiger partial charge in [-0.15, -0.1) is 11.6 Å². The third-order valence-corrected chi connectivity index (χ3v) is 0.644. The van der Waals surface area contributed by atoms with E-state index < -0.39 is 0 Å². The van der Waals surface area contributed by atoms with E-state index in [2.05, 4.69) is 18.8 Å². The molecule has 0 saturated heterocycles. The maximum absolute atomic E-state index is 5.24. The van der Waals surface area contributed by atoms with Gasteiger partial charge in [0, 0.05) is 6.61 Å². The Bertz CT molecular complexity index is 90.4. The topological polar surface area (TPSA) is 9.23 Å². The van der Waals surface area contributed by atoms with Crippen molar-refractivity contribution in [1.29, 1.82) is 0 Å². The Morgan fingerprint density at radius 1 is 1.50 bits per heavy atom. The summed E-state index contributed by atoms with van der Waals surface area (Å²) in [5, 5.41) is 0. The van der Waals surface area contributed by atoms with Crippen molar-refractivity contribution in [3.8, 4) is 11.8 Å². The first-order valence-electron chi connectivity index (χ1n) is 2.30. The summed E-state index contributed by atoms with van der Waals surface area (Å²) in [5.41, 5.74) is 0. The largest absolute Gasteiger partial charge is 0.369 e. The molecule has 0 spiro atoms. The lowest BCUT2D eigenvalue weighted by atomic mass is 10.6. The summed E-state index contributed by atoms with van der Waals surface area (Å²) < 4.78 is 4.79. The summed E-state index contributed by atoms with van der Waals surface area (Å²) in [6.07, 6.45) is 0. The third-order valence-electron chi connectivity index (χ3n) is 0.510. The lowest BCUT2D eigenvalue weighted by molar-refractivity contribution is 0.198. The van der Waals surface area contributed by atoms with Gasteiger partial charge in [-0.05, 0) is 6.92 Å². The Morgan fingerprint density at radius 3 is 2.75 bits per heavy atom. The van der Waals surface area contributed by atoms with Crippen LogP contribution in [0.3, 0.4) is 0 Å². The molecule has 0 heterocycles. The van der Waals surface area contributed by atoms with E-state index in [0.717, 1.165) is 0 Å². The average molecular weight is 132 g/mol. The van der Waals surface area contributed by atoms with Crippen LogP contribution in [0.4, 0.5) is 0 Å². The van der Waals surface area contributed by atoms with Gasteiger partial charge in [-0.25, -0.2) is 0 Å². The van der Waals surface area contributed by atoms with Gasteiger partial charge in [0.15, 0.2) is 0 Å². The Labute approximate surface area is 55.0 Å². The van der Waals surface area contributed by atoms with Crippen molar-refractivity contribution in [1.82, 2.24) is 0 Å². The molecule has 0 aliphatic rings. The van der Waals surface area contributed by atoms with Crippen LogP contribution < -0.4 is 0 Å². The molecule has 2 heteroatoms. The number of halogens is 1. The Morgan fingerprint density at radius 2 is 2.25 bits per heavy atom. The van der Waals surface area contributed by atoms with Crippen LogP contribution in [0.15, 0.2) is 0 Å². The van der Waals surface area contributed by atoms with Gasteiger partial charge in [-0.2, -0.15) is 0 Å². The zero-order chi connectivity index (χ0) is 6.24. The molecule has 0 aromatic rings. The molecular formula is C6H8ClO. The molecule has 0 atom stereocenters. The van der Waals surface area contributed by atoms with Crippen LogP contribution in [-0.4, -0.2) is 19.1 Å². The number of hydrogen-bond donors (Lipinski definition) is 0. The van der Waals surface area contributed by atoms with Crippen molar-refractivity contribution in [3.05, 3.63) is 6.92 Å². The highest BCUT2D eigenvalue weighted by Crippen LogP contribution is 1.70. The monoisotopic (exact) mass is 131 g/mol. The highest BCUT2D eigenvalue weighted by atomic mass is 35.5. The van der Waals surface area contributed by atoms with Gasteiger partial charge < -0.3 is 4.74 Å². The molecule has 0 bridgehead atoms. The Hall–Kier alpha value is -0.190. The molecule has 0 unspecified atom stereocenters. The predicted octanol–water partition coefficient (Wildman–Crippen LogP) is 1.08. The van der Waals surface area contributed by atoms with E-state index in [0.29, 0.717) is 19.1 Å². The molecule has 0 N–H and O–H groups in total. The second-order valence-electron chi connectivity index (χ2n) is 1.04. The lowest BCUT2D eigenvalue weighted by Gasteiger charge is -1.87. The van der Waals surface area contributed by atoms with E-state index in [9.17, 15) is 0 Å². The van der Waals surface area contributed by atoms with Crippen molar-refractivity contribution in [3.63, 3.8) is 0 Å². The van der Waals surface area contributed by atoms with Crippen molar-refractivity contribution >= 4 is 11.6 Å². The van der Waals surface area contributed by atoms with E-state index in [1.807, 2.05) is 0 Å². The molecule has 0 saturated carbocycles. The summed E-state index contributed by atoms with van der Waals surface area (Å²) in [5.74, 6) is 5.71. The molecule has 0 fully saturated rings. The molecular weight excluding hydrogens is 124 g/mol. The molecule has 45 valence electrons. The smallest absolute Gasteiger partial charge is 0.107 e. The number of rotatable bonds is 2. The minimum absolute atomic E-state index is 0.375. The summed E-state index contributed by atoms with van der Waals surface area (Å²) in [7, 11) is 0. The molecule has 0 amide bonds. The van der Waals surface area contributed by atoms with Gasteiger partial charge in [0.25, 0.3) is 0 Å². The molecule has 0 rings (SSSR count). The first-order chi connectivity index (χ1) is 3.91. The molecule has 0 aliphatic heterocycles. The van der Waals surface area contributed by atoms with E-state index in [1.54, 1.807) is 0 Å². The van der Waals surface area contributed by atoms with Gasteiger partial charge in [0.05, 0.1) is 5.88 Å². The van der Waals surface area contributed by atoms with Crippen LogP contribution in [0.2, 0.25) is 0 Å². The first kappa shape index (κ1) is 7.81. The number of alkyl halides is 1. The van der Waals surface area contributed by atoms with E-state index in [-0.39, 0.29) is 0 Å². The summed E-state index contributed by atoms with van der Waals surface area (Å²) in [4.78, 5) is 0. The van der Waals surface area contributed by atoms with Crippen LogP contribution in [0.5, 0.6) is 0 Å². The lowest BCUT2D eigenvalue weighted by Crippen LogP contribution is -1.88. The standard InChI is InChI=1S/C6H8ClO/c1-2-8-6-4-3-5-7/h1-2,5-6H2. The summed E-state index contributed by atoms with van der Waals surface area (Å²) in [6, 6.07) is 0. The van der Waals surface area contributed by atoms with Gasteiger partial charge in [0.2, 0.25) is 0 Å². The average Bonchev–Trinajstić information content (AvgIpc) is 1.81. The van der Waals surface area contributed by atoms with Gasteiger partial charge in [-0.1, -0.05) is 11.8 Å². The summed E-state index contributed by atoms with van der Waals surface area (Å²) >= 11 is 5.24. The summed E-state index contributed by atoms with van der Waals surface area (Å²) in [6.45, 7) is 4.37. The molecule has 8 heavy (non-hydrogen) atoms. The zero-order valence-corrected chi connectivity index (χ0v) is 5.37. The minimum Gasteiger partial charge on any atom is -0.369 e. The van der Waals surface area contributed by atoms with Gasteiger partial charge in [-0.3, -0.25) is 0 Å². The van der Waals surface area contributed by atoms with Crippen molar-refractivity contribution in [2.24, 2.45) is 0 Å². The molecule has 0 aromatic carbocycles. The SMILES string of the molecule is [CH2]COCC#CCCl. The van der Waals surface area contributed by atoms with Gasteiger partial charge >= 0.3 is 0 Å². The predicted molar refractivity (Wildman–Crippen MR) is 34.7 cm³/mol. The fraction of sp³-hybridized carbons (Fsp3) is 0.500. The highest BCUT2D eigenvalue weighted by Gasteiger charge is 1.71. The maximum atomic E-state index is 5.24. The van der Waals surface area contributed by atoms with Crippen LogP contribution in [0, 0.1) is 18.8 Å². The van der Waals surface area contributed by atoms with E-state index in [4.69, 9.17) is 16.3 Å². The van der Waals surface area contributed by atoms with Crippen LogP contribution >= 0.6 is 11.6 Å². The molecule has 0 aromatic heterocycles. The quantitative estimate of drug-likeness (QED) is 0.310. The van der Waals surface area contributed by atoms with Crippen molar-refractivity contribution < 1.29 is 4.74 Å². The zero-order valence-electron chi connectivity index (χ0n) is 4.61. The van der Waals surface area contributed by atoms with E-state index >= 15 is 0 Å². The Balaban J connectivity index is 2.90. The second kappa shape index (κ2) is 6.81. The van der Waals surface area contributed by atoms with Crippen LogP contribution in [-0.2, 0) is 4.74 Å². The Kier molecular flexibility index (Phi) is 6.65. The number of hydrogen-bond acceptors (Lipinski definition) is 1. The molecule has 1 nitrogen and oxygen atoms in total. The minimum atomic E-state index is 0.375. The fourth-order valence-corrected chi connectivity index (χ4v) is 0.316. The van der Waals surface area contributed by atoms with Crippen LogP contribution in [0.1, 0.15) is 0 Å². The third kappa shape index (κ3) is 5.81. The second-order valence-corrected chi connectivity index (χ2v) is 1.31.